The molecule has 0 bridgehead atoms. The average Bonchev–Trinajstić information content (AvgIpc) is 3.14. The zero-order valence-electron chi connectivity index (χ0n) is 12.3. The van der Waals surface area contributed by atoms with Gasteiger partial charge in [-0.3, -0.25) is 4.99 Å². The number of aliphatic imine (C=N–C) groups is 1. The summed E-state index contributed by atoms with van der Waals surface area (Å²) in [6, 6.07) is 6.46. The summed E-state index contributed by atoms with van der Waals surface area (Å²) < 4.78 is 5.53. The van der Waals surface area contributed by atoms with Crippen molar-refractivity contribution in [1.82, 2.24) is 0 Å². The third kappa shape index (κ3) is 5.14. The molecule has 3 rings (SSSR count). The van der Waals surface area contributed by atoms with Crippen molar-refractivity contribution >= 4 is 35.6 Å². The van der Waals surface area contributed by atoms with Crippen molar-refractivity contribution < 1.29 is 4.74 Å². The molecule has 0 aromatic heterocycles. The lowest BCUT2D eigenvalue weighted by Crippen LogP contribution is -2.23. The number of guanidine groups is 1. The van der Waals surface area contributed by atoms with E-state index in [-0.39, 0.29) is 24.0 Å². The summed E-state index contributed by atoms with van der Waals surface area (Å²) in [5, 5.41) is 3.16. The quantitative estimate of drug-likeness (QED) is 0.334. The van der Waals surface area contributed by atoms with E-state index in [1.165, 1.54) is 43.2 Å². The Bertz CT molecular complexity index is 500. The largest absolute Gasteiger partial charge is 0.379 e. The maximum absolute atomic E-state index is 5.89. The molecule has 5 heteroatoms. The van der Waals surface area contributed by atoms with Gasteiger partial charge in [-0.15, -0.1) is 24.0 Å². The highest BCUT2D eigenvalue weighted by atomic mass is 127. The van der Waals surface area contributed by atoms with E-state index in [1.54, 1.807) is 0 Å². The van der Waals surface area contributed by atoms with Gasteiger partial charge in [-0.05, 0) is 61.3 Å². The number of anilines is 1. The van der Waals surface area contributed by atoms with Gasteiger partial charge in [0.1, 0.15) is 0 Å². The van der Waals surface area contributed by atoms with E-state index >= 15 is 0 Å². The molecular weight excluding hydrogens is 377 g/mol. The Labute approximate surface area is 143 Å². The van der Waals surface area contributed by atoms with Gasteiger partial charge < -0.3 is 15.8 Å². The number of hydrogen-bond donors (Lipinski definition) is 2. The van der Waals surface area contributed by atoms with Crippen molar-refractivity contribution in [3.05, 3.63) is 29.3 Å². The number of benzene rings is 1. The van der Waals surface area contributed by atoms with Crippen molar-refractivity contribution in [2.75, 3.05) is 25.1 Å². The minimum Gasteiger partial charge on any atom is -0.379 e. The van der Waals surface area contributed by atoms with E-state index in [2.05, 4.69) is 28.5 Å². The number of aryl methyl sites for hydroxylation is 2. The van der Waals surface area contributed by atoms with E-state index in [0.717, 1.165) is 18.2 Å². The first-order valence-corrected chi connectivity index (χ1v) is 7.58. The summed E-state index contributed by atoms with van der Waals surface area (Å²) in [5.74, 6) is 1.28. The third-order valence-corrected chi connectivity index (χ3v) is 3.94. The second-order valence-electron chi connectivity index (χ2n) is 5.75. The lowest BCUT2D eigenvalue weighted by atomic mass is 10.1. The fourth-order valence-electron chi connectivity index (χ4n) is 2.60. The SMILES string of the molecule is I.NC(=NCCOCC1CC1)Nc1ccc2c(c1)CCC2. The molecule has 0 unspecified atom stereocenters. The topological polar surface area (TPSA) is 59.6 Å². The fourth-order valence-corrected chi connectivity index (χ4v) is 2.60. The van der Waals surface area contributed by atoms with Crippen LogP contribution >= 0.6 is 24.0 Å². The van der Waals surface area contributed by atoms with E-state index in [1.807, 2.05) is 0 Å². The Hall–Kier alpha value is -0.820. The van der Waals surface area contributed by atoms with Crippen LogP contribution in [0.25, 0.3) is 0 Å². The number of hydrogen-bond acceptors (Lipinski definition) is 2. The molecule has 2 aliphatic rings. The molecule has 1 aromatic rings. The van der Waals surface area contributed by atoms with Gasteiger partial charge in [-0.1, -0.05) is 6.07 Å². The van der Waals surface area contributed by atoms with Gasteiger partial charge in [0.15, 0.2) is 5.96 Å². The number of nitrogens with two attached hydrogens (primary N) is 1. The normalized spacial score (nSPS) is 17.2. The molecule has 3 N–H and O–H groups in total. The third-order valence-electron chi connectivity index (χ3n) is 3.94. The predicted octanol–water partition coefficient (Wildman–Crippen LogP) is 2.95. The fraction of sp³-hybridized carbons (Fsp3) is 0.562. The van der Waals surface area contributed by atoms with Gasteiger partial charge in [0, 0.05) is 12.3 Å². The van der Waals surface area contributed by atoms with Gasteiger partial charge in [-0.2, -0.15) is 0 Å². The molecule has 0 atom stereocenters. The van der Waals surface area contributed by atoms with E-state index in [0.29, 0.717) is 19.1 Å². The van der Waals surface area contributed by atoms with Crippen LogP contribution in [-0.2, 0) is 17.6 Å². The number of nitrogens with one attached hydrogen (secondary N) is 1. The molecule has 1 fully saturated rings. The molecule has 0 heterocycles. The number of fused-ring (bicyclic) bond motifs is 1. The average molecular weight is 401 g/mol. The maximum Gasteiger partial charge on any atom is 0.193 e. The van der Waals surface area contributed by atoms with Crippen molar-refractivity contribution in [1.29, 1.82) is 0 Å². The van der Waals surface area contributed by atoms with Gasteiger partial charge in [0.25, 0.3) is 0 Å². The van der Waals surface area contributed by atoms with Crippen LogP contribution in [0.15, 0.2) is 23.2 Å². The highest BCUT2D eigenvalue weighted by Crippen LogP contribution is 2.28. The Morgan fingerprint density at radius 1 is 1.29 bits per heavy atom. The van der Waals surface area contributed by atoms with Crippen molar-refractivity contribution in [2.45, 2.75) is 32.1 Å². The summed E-state index contributed by atoms with van der Waals surface area (Å²) in [7, 11) is 0. The van der Waals surface area contributed by atoms with Crippen molar-refractivity contribution in [2.24, 2.45) is 16.6 Å². The second kappa shape index (κ2) is 7.98. The van der Waals surface area contributed by atoms with E-state index in [4.69, 9.17) is 10.5 Å². The smallest absolute Gasteiger partial charge is 0.193 e. The Balaban J connectivity index is 0.00000161. The maximum atomic E-state index is 5.89. The molecule has 21 heavy (non-hydrogen) atoms. The minimum atomic E-state index is 0. The van der Waals surface area contributed by atoms with Crippen LogP contribution in [0.4, 0.5) is 5.69 Å². The number of rotatable bonds is 6. The van der Waals surface area contributed by atoms with Crippen LogP contribution in [0, 0.1) is 5.92 Å². The molecule has 0 spiro atoms. The van der Waals surface area contributed by atoms with Crippen LogP contribution in [0.5, 0.6) is 0 Å². The van der Waals surface area contributed by atoms with Crippen LogP contribution in [0.3, 0.4) is 0 Å². The van der Waals surface area contributed by atoms with Crippen LogP contribution in [-0.4, -0.2) is 25.7 Å². The second-order valence-corrected chi connectivity index (χ2v) is 5.75. The van der Waals surface area contributed by atoms with Crippen molar-refractivity contribution in [3.8, 4) is 0 Å². The Morgan fingerprint density at radius 2 is 2.10 bits per heavy atom. The molecule has 116 valence electrons. The summed E-state index contributed by atoms with van der Waals surface area (Å²) in [6.07, 6.45) is 6.30. The van der Waals surface area contributed by atoms with E-state index in [9.17, 15) is 0 Å². The van der Waals surface area contributed by atoms with Crippen LogP contribution < -0.4 is 11.1 Å². The van der Waals surface area contributed by atoms with E-state index < -0.39 is 0 Å². The molecule has 0 amide bonds. The molecule has 0 radical (unpaired) electrons. The minimum absolute atomic E-state index is 0. The molecule has 0 aliphatic heterocycles. The zero-order chi connectivity index (χ0) is 13.8. The summed E-state index contributed by atoms with van der Waals surface area (Å²) >= 11 is 0. The molecule has 0 saturated heterocycles. The lowest BCUT2D eigenvalue weighted by molar-refractivity contribution is 0.132. The van der Waals surface area contributed by atoms with Gasteiger partial charge in [-0.25, -0.2) is 0 Å². The summed E-state index contributed by atoms with van der Waals surface area (Å²) in [4.78, 5) is 4.29. The lowest BCUT2D eigenvalue weighted by Gasteiger charge is -2.08. The number of halogens is 1. The first kappa shape index (κ1) is 16.5. The van der Waals surface area contributed by atoms with Gasteiger partial charge in [0.05, 0.1) is 13.2 Å². The van der Waals surface area contributed by atoms with Crippen molar-refractivity contribution in [3.63, 3.8) is 0 Å². The Morgan fingerprint density at radius 3 is 2.90 bits per heavy atom. The standard InChI is InChI=1S/C16H23N3O.HI/c17-16(18-8-9-20-11-12-4-5-12)19-15-7-6-13-2-1-3-14(13)10-15;/h6-7,10,12H,1-5,8-9,11H2,(H3,17,18,19);1H. The highest BCUT2D eigenvalue weighted by molar-refractivity contribution is 14.0. The predicted molar refractivity (Wildman–Crippen MR) is 97.5 cm³/mol. The number of nitrogens with zero attached hydrogens (tertiary/aromatic N) is 1. The monoisotopic (exact) mass is 401 g/mol. The molecule has 2 aliphatic carbocycles. The Kier molecular flexibility index (Phi) is 6.29. The summed E-state index contributed by atoms with van der Waals surface area (Å²) in [5.41, 5.74) is 9.83. The van der Waals surface area contributed by atoms with Crippen LogP contribution in [0.2, 0.25) is 0 Å². The first-order valence-electron chi connectivity index (χ1n) is 7.58. The molecule has 1 saturated carbocycles. The zero-order valence-corrected chi connectivity index (χ0v) is 14.6. The summed E-state index contributed by atoms with van der Waals surface area (Å²) in [6.45, 7) is 2.16. The van der Waals surface area contributed by atoms with Gasteiger partial charge in [0.2, 0.25) is 0 Å². The van der Waals surface area contributed by atoms with Crippen LogP contribution in [0.1, 0.15) is 30.4 Å². The first-order chi connectivity index (χ1) is 9.81. The van der Waals surface area contributed by atoms with Gasteiger partial charge >= 0.3 is 0 Å². The molecule has 4 nitrogen and oxygen atoms in total. The molecular formula is C16H24IN3O. The number of ether oxygens (including phenoxy) is 1. The highest BCUT2D eigenvalue weighted by Gasteiger charge is 2.20. The molecule has 1 aromatic carbocycles.